The lowest BCUT2D eigenvalue weighted by atomic mass is 10.1. The van der Waals surface area contributed by atoms with Crippen LogP contribution in [0.1, 0.15) is 18.5 Å². The number of rotatable bonds is 9. The van der Waals surface area contributed by atoms with Gasteiger partial charge in [-0.2, -0.15) is 4.31 Å². The van der Waals surface area contributed by atoms with Gasteiger partial charge in [-0.05, 0) is 56.1 Å². The SMILES string of the molecule is CC(=O)Nc1ccc(S(=O)(=O)N(C)CC(=O)NCC(c2cccc(F)c2)N(C)C)cc1. The van der Waals surface area contributed by atoms with Crippen molar-refractivity contribution in [3.8, 4) is 0 Å². The van der Waals surface area contributed by atoms with E-state index >= 15 is 0 Å². The molecule has 0 fully saturated rings. The first kappa shape index (κ1) is 24.4. The number of likely N-dealkylation sites (N-methyl/N-ethyl adjacent to an activating group) is 2. The Hall–Kier alpha value is -2.82. The number of hydrogen-bond donors (Lipinski definition) is 2. The summed E-state index contributed by atoms with van der Waals surface area (Å²) >= 11 is 0. The van der Waals surface area contributed by atoms with Crippen molar-refractivity contribution in [1.82, 2.24) is 14.5 Å². The summed E-state index contributed by atoms with van der Waals surface area (Å²) in [4.78, 5) is 25.3. The number of halogens is 1. The van der Waals surface area contributed by atoms with E-state index in [0.717, 1.165) is 4.31 Å². The molecule has 2 amide bonds. The smallest absolute Gasteiger partial charge is 0.243 e. The summed E-state index contributed by atoms with van der Waals surface area (Å²) < 4.78 is 39.9. The number of benzene rings is 2. The summed E-state index contributed by atoms with van der Waals surface area (Å²) in [6, 6.07) is 11.5. The minimum Gasteiger partial charge on any atom is -0.353 e. The molecule has 0 spiro atoms. The van der Waals surface area contributed by atoms with E-state index in [1.54, 1.807) is 12.1 Å². The lowest BCUT2D eigenvalue weighted by molar-refractivity contribution is -0.121. The van der Waals surface area contributed by atoms with Crippen molar-refractivity contribution in [2.45, 2.75) is 17.9 Å². The van der Waals surface area contributed by atoms with E-state index in [-0.39, 0.29) is 35.8 Å². The summed E-state index contributed by atoms with van der Waals surface area (Å²) in [5, 5.41) is 5.27. The zero-order valence-electron chi connectivity index (χ0n) is 17.9. The molecule has 2 aromatic rings. The molecule has 10 heteroatoms. The second-order valence-corrected chi connectivity index (χ2v) is 9.35. The van der Waals surface area contributed by atoms with Gasteiger partial charge in [0.05, 0.1) is 17.5 Å². The Kier molecular flexibility index (Phi) is 8.26. The first-order valence-corrected chi connectivity index (χ1v) is 11.0. The van der Waals surface area contributed by atoms with Gasteiger partial charge in [-0.25, -0.2) is 12.8 Å². The fourth-order valence-corrected chi connectivity index (χ4v) is 4.09. The summed E-state index contributed by atoms with van der Waals surface area (Å²) in [6.45, 7) is 1.17. The Morgan fingerprint density at radius 3 is 2.26 bits per heavy atom. The predicted molar refractivity (Wildman–Crippen MR) is 116 cm³/mol. The number of nitrogens with zero attached hydrogens (tertiary/aromatic N) is 2. The molecule has 0 aliphatic carbocycles. The molecule has 2 N–H and O–H groups in total. The molecule has 8 nitrogen and oxygen atoms in total. The van der Waals surface area contributed by atoms with Gasteiger partial charge in [0.25, 0.3) is 0 Å². The zero-order valence-corrected chi connectivity index (χ0v) is 18.7. The molecule has 0 bridgehead atoms. The molecule has 1 unspecified atom stereocenters. The maximum atomic E-state index is 13.5. The molecule has 0 aliphatic heterocycles. The van der Waals surface area contributed by atoms with E-state index in [2.05, 4.69) is 10.6 Å². The van der Waals surface area contributed by atoms with Crippen LogP contribution < -0.4 is 10.6 Å². The maximum absolute atomic E-state index is 13.5. The van der Waals surface area contributed by atoms with E-state index in [9.17, 15) is 22.4 Å². The highest BCUT2D eigenvalue weighted by molar-refractivity contribution is 7.89. The summed E-state index contributed by atoms with van der Waals surface area (Å²) in [6.07, 6.45) is 0. The highest BCUT2D eigenvalue weighted by atomic mass is 32.2. The lowest BCUT2D eigenvalue weighted by Crippen LogP contribution is -2.41. The van der Waals surface area contributed by atoms with Gasteiger partial charge >= 0.3 is 0 Å². The Morgan fingerprint density at radius 2 is 1.71 bits per heavy atom. The van der Waals surface area contributed by atoms with Crippen LogP contribution in [0.5, 0.6) is 0 Å². The summed E-state index contributed by atoms with van der Waals surface area (Å²) in [5.41, 5.74) is 1.17. The number of amides is 2. The number of carbonyl (C=O) groups excluding carboxylic acids is 2. The van der Waals surface area contributed by atoms with Gasteiger partial charge in [0.1, 0.15) is 5.82 Å². The number of sulfonamides is 1. The molecule has 0 radical (unpaired) electrons. The molecule has 168 valence electrons. The molecule has 0 aromatic heterocycles. The van der Waals surface area contributed by atoms with Crippen molar-refractivity contribution in [1.29, 1.82) is 0 Å². The second-order valence-electron chi connectivity index (χ2n) is 7.31. The standard InChI is InChI=1S/C21H27FN4O4S/c1-15(27)24-18-8-10-19(11-9-18)31(29,30)26(4)14-21(28)23-13-20(25(2)3)16-6-5-7-17(22)12-16/h5-12,20H,13-14H2,1-4H3,(H,23,28)(H,24,27). The van der Waals surface area contributed by atoms with E-state index in [1.807, 2.05) is 19.0 Å². The number of carbonyl (C=O) groups is 2. The summed E-state index contributed by atoms with van der Waals surface area (Å²) in [5.74, 6) is -1.12. The van der Waals surface area contributed by atoms with Crippen LogP contribution in [0.25, 0.3) is 0 Å². The van der Waals surface area contributed by atoms with Crippen molar-refractivity contribution < 1.29 is 22.4 Å². The topological polar surface area (TPSA) is 98.8 Å². The maximum Gasteiger partial charge on any atom is 0.243 e. The Morgan fingerprint density at radius 1 is 1.06 bits per heavy atom. The quantitative estimate of drug-likeness (QED) is 0.607. The normalized spacial score (nSPS) is 12.6. The van der Waals surface area contributed by atoms with Gasteiger partial charge in [0, 0.05) is 26.2 Å². The lowest BCUT2D eigenvalue weighted by Gasteiger charge is -2.25. The average molecular weight is 451 g/mol. The molecule has 0 saturated carbocycles. The van der Waals surface area contributed by atoms with E-state index in [4.69, 9.17) is 0 Å². The van der Waals surface area contributed by atoms with Crippen molar-refractivity contribution in [2.24, 2.45) is 0 Å². The molecule has 31 heavy (non-hydrogen) atoms. The van der Waals surface area contributed by atoms with E-state index in [1.165, 1.54) is 50.4 Å². The van der Waals surface area contributed by atoms with Crippen molar-refractivity contribution in [3.05, 3.63) is 59.9 Å². The minimum absolute atomic E-state index is 0.00262. The zero-order chi connectivity index (χ0) is 23.2. The minimum atomic E-state index is -3.89. The second kappa shape index (κ2) is 10.5. The third-order valence-electron chi connectivity index (χ3n) is 4.60. The molecule has 0 saturated heterocycles. The molecular formula is C21H27FN4O4S. The van der Waals surface area contributed by atoms with E-state index in [0.29, 0.717) is 11.3 Å². The van der Waals surface area contributed by atoms with Gasteiger partial charge in [0.15, 0.2) is 0 Å². The van der Waals surface area contributed by atoms with Gasteiger partial charge < -0.3 is 15.5 Å². The highest BCUT2D eigenvalue weighted by Crippen LogP contribution is 2.19. The van der Waals surface area contributed by atoms with Crippen LogP contribution in [0.15, 0.2) is 53.4 Å². The molecule has 2 rings (SSSR count). The molecule has 1 atom stereocenters. The first-order chi connectivity index (χ1) is 14.5. The first-order valence-electron chi connectivity index (χ1n) is 9.53. The Balaban J connectivity index is 2.01. The van der Waals surface area contributed by atoms with Gasteiger partial charge in [-0.3, -0.25) is 9.59 Å². The number of hydrogen-bond acceptors (Lipinski definition) is 5. The average Bonchev–Trinajstić information content (AvgIpc) is 2.67. The monoisotopic (exact) mass is 450 g/mol. The molecule has 2 aromatic carbocycles. The van der Waals surface area contributed by atoms with Crippen molar-refractivity contribution in [2.75, 3.05) is 39.5 Å². The van der Waals surface area contributed by atoms with Crippen LogP contribution in [0.4, 0.5) is 10.1 Å². The van der Waals surface area contributed by atoms with Gasteiger partial charge in [0.2, 0.25) is 21.8 Å². The third-order valence-corrected chi connectivity index (χ3v) is 6.42. The van der Waals surface area contributed by atoms with Crippen LogP contribution in [-0.4, -0.2) is 63.7 Å². The van der Waals surface area contributed by atoms with Crippen molar-refractivity contribution >= 4 is 27.5 Å². The van der Waals surface area contributed by atoms with Crippen LogP contribution >= 0.6 is 0 Å². The summed E-state index contributed by atoms with van der Waals surface area (Å²) in [7, 11) is 1.04. The molecule has 0 aliphatic rings. The number of nitrogens with one attached hydrogen (secondary N) is 2. The van der Waals surface area contributed by atoms with Gasteiger partial charge in [-0.15, -0.1) is 0 Å². The Bertz CT molecular complexity index is 1030. The van der Waals surface area contributed by atoms with Crippen LogP contribution in [0.2, 0.25) is 0 Å². The van der Waals surface area contributed by atoms with E-state index < -0.39 is 15.9 Å². The Labute approximate surface area is 182 Å². The molecular weight excluding hydrogens is 423 g/mol. The van der Waals surface area contributed by atoms with Crippen LogP contribution in [0, 0.1) is 5.82 Å². The van der Waals surface area contributed by atoms with Gasteiger partial charge in [-0.1, -0.05) is 12.1 Å². The fourth-order valence-electron chi connectivity index (χ4n) is 2.96. The number of anilines is 1. The van der Waals surface area contributed by atoms with Crippen LogP contribution in [-0.2, 0) is 19.6 Å². The third kappa shape index (κ3) is 6.84. The highest BCUT2D eigenvalue weighted by Gasteiger charge is 2.24. The fraction of sp³-hybridized carbons (Fsp3) is 0.333. The predicted octanol–water partition coefficient (Wildman–Crippen LogP) is 1.82. The largest absolute Gasteiger partial charge is 0.353 e. The van der Waals surface area contributed by atoms with Crippen molar-refractivity contribution in [3.63, 3.8) is 0 Å². The van der Waals surface area contributed by atoms with Crippen LogP contribution in [0.3, 0.4) is 0 Å². The molecule has 0 heterocycles.